The third-order valence-corrected chi connectivity index (χ3v) is 5.55. The number of carboxylic acids is 1. The van der Waals surface area contributed by atoms with Gasteiger partial charge < -0.3 is 49.0 Å². The van der Waals surface area contributed by atoms with Gasteiger partial charge in [-0.05, 0) is 31.6 Å². The number of nitrogens with two attached hydrogens (primary N) is 4. The lowest BCUT2D eigenvalue weighted by atomic mass is 10.0. The second-order valence-corrected chi connectivity index (χ2v) is 9.49. The van der Waals surface area contributed by atoms with E-state index >= 15 is 0 Å². The van der Waals surface area contributed by atoms with Crippen molar-refractivity contribution in [3.05, 3.63) is 18.2 Å². The van der Waals surface area contributed by atoms with Crippen LogP contribution in [0, 0.1) is 5.92 Å². The van der Waals surface area contributed by atoms with Gasteiger partial charge in [0.25, 0.3) is 0 Å². The molecule has 0 spiro atoms. The molecule has 0 aliphatic carbocycles. The number of hydrogen-bond donors (Lipinski definition) is 9. The summed E-state index contributed by atoms with van der Waals surface area (Å²) in [5, 5.41) is 17.0. The summed E-state index contributed by atoms with van der Waals surface area (Å²) >= 11 is 0. The lowest BCUT2D eigenvalue weighted by Crippen LogP contribution is -2.57. The number of primary amides is 1. The fraction of sp³-hybridized carbons (Fsp3) is 0.609. The summed E-state index contributed by atoms with van der Waals surface area (Å²) in [7, 11) is 0. The number of carbonyl (C=O) groups is 5. The molecule has 0 saturated heterocycles. The Labute approximate surface area is 226 Å². The molecule has 4 atom stereocenters. The normalized spacial score (nSPS) is 13.9. The molecule has 1 rings (SSSR count). The summed E-state index contributed by atoms with van der Waals surface area (Å²) in [6.07, 6.45) is 2.99. The van der Waals surface area contributed by atoms with Gasteiger partial charge in [0.2, 0.25) is 23.6 Å². The number of carboxylic acid groups (broad SMARTS) is 1. The van der Waals surface area contributed by atoms with E-state index in [1.165, 1.54) is 12.5 Å². The van der Waals surface area contributed by atoms with Gasteiger partial charge in [0.15, 0.2) is 5.96 Å². The molecule has 16 nitrogen and oxygen atoms in total. The quantitative estimate of drug-likeness (QED) is 0.0511. The number of aliphatic carboxylic acids is 1. The van der Waals surface area contributed by atoms with E-state index in [4.69, 9.17) is 22.9 Å². The SMILES string of the molecule is CC(C)CC(N)C(=O)NC(CCCN=C(N)N)C(=O)NC(CCC(N)=O)C(=O)NC(Cc1cnc[nH]1)C(=O)O. The topological polar surface area (TPSA) is 287 Å². The van der Waals surface area contributed by atoms with E-state index in [2.05, 4.69) is 30.9 Å². The maximum atomic E-state index is 13.2. The van der Waals surface area contributed by atoms with Gasteiger partial charge in [-0.2, -0.15) is 0 Å². The molecule has 1 aromatic rings. The summed E-state index contributed by atoms with van der Waals surface area (Å²) in [4.78, 5) is 72.4. The molecule has 0 radical (unpaired) electrons. The van der Waals surface area contributed by atoms with Crippen LogP contribution < -0.4 is 38.9 Å². The van der Waals surface area contributed by atoms with Crippen molar-refractivity contribution in [3.8, 4) is 0 Å². The highest BCUT2D eigenvalue weighted by molar-refractivity contribution is 5.94. The summed E-state index contributed by atoms with van der Waals surface area (Å²) in [5.74, 6) is -4.20. The van der Waals surface area contributed by atoms with Gasteiger partial charge in [0.1, 0.15) is 18.1 Å². The smallest absolute Gasteiger partial charge is 0.326 e. The van der Waals surface area contributed by atoms with E-state index in [0.29, 0.717) is 18.5 Å². The molecule has 0 aliphatic heterocycles. The highest BCUT2D eigenvalue weighted by Crippen LogP contribution is 2.07. The van der Waals surface area contributed by atoms with Crippen molar-refractivity contribution in [2.24, 2.45) is 33.8 Å². The molecule has 0 aromatic carbocycles. The van der Waals surface area contributed by atoms with Crippen LogP contribution >= 0.6 is 0 Å². The number of H-pyrrole nitrogens is 1. The van der Waals surface area contributed by atoms with E-state index in [0.717, 1.165) is 0 Å². The zero-order valence-corrected chi connectivity index (χ0v) is 22.2. The predicted octanol–water partition coefficient (Wildman–Crippen LogP) is -2.82. The number of nitrogens with one attached hydrogen (secondary N) is 4. The molecule has 0 saturated carbocycles. The van der Waals surface area contributed by atoms with E-state index in [-0.39, 0.29) is 44.1 Å². The minimum Gasteiger partial charge on any atom is -0.480 e. The molecule has 4 amide bonds. The van der Waals surface area contributed by atoms with Crippen molar-refractivity contribution in [1.29, 1.82) is 0 Å². The Morgan fingerprint density at radius 1 is 0.974 bits per heavy atom. The number of imidazole rings is 1. The van der Waals surface area contributed by atoms with Crippen LogP contribution in [0.5, 0.6) is 0 Å². The molecule has 1 heterocycles. The van der Waals surface area contributed by atoms with Crippen molar-refractivity contribution in [2.45, 2.75) is 76.5 Å². The number of aromatic amines is 1. The van der Waals surface area contributed by atoms with Crippen LogP contribution in [0.4, 0.5) is 0 Å². The second kappa shape index (κ2) is 16.6. The molecular weight excluding hydrogens is 512 g/mol. The van der Waals surface area contributed by atoms with E-state index in [9.17, 15) is 29.1 Å². The highest BCUT2D eigenvalue weighted by atomic mass is 16.4. The predicted molar refractivity (Wildman–Crippen MR) is 141 cm³/mol. The molecule has 218 valence electrons. The average Bonchev–Trinajstić information content (AvgIpc) is 3.35. The molecule has 1 aromatic heterocycles. The van der Waals surface area contributed by atoms with E-state index < -0.39 is 53.8 Å². The van der Waals surface area contributed by atoms with Crippen molar-refractivity contribution in [2.75, 3.05) is 6.54 Å². The van der Waals surface area contributed by atoms with E-state index in [1.807, 2.05) is 13.8 Å². The number of guanidine groups is 1. The van der Waals surface area contributed by atoms with Crippen LogP contribution in [0.3, 0.4) is 0 Å². The zero-order chi connectivity index (χ0) is 29.5. The molecule has 39 heavy (non-hydrogen) atoms. The standard InChI is InChI=1S/C23H40N10O6/c1-12(2)8-14(24)19(35)31-15(4-3-7-29-23(26)27)20(36)32-16(5-6-18(25)34)21(37)33-17(22(38)39)9-13-10-28-11-30-13/h10-12,14-17H,3-9,24H2,1-2H3,(H2,25,34)(H,28,30)(H,31,35)(H,32,36)(H,33,37)(H,38,39)(H4,26,27,29). The van der Waals surface area contributed by atoms with Crippen molar-refractivity contribution in [3.63, 3.8) is 0 Å². The fourth-order valence-electron chi connectivity index (χ4n) is 3.58. The van der Waals surface area contributed by atoms with Crippen LogP contribution in [-0.4, -0.2) is 81.3 Å². The molecule has 0 fully saturated rings. The Morgan fingerprint density at radius 3 is 2.08 bits per heavy atom. The molecular formula is C23H40N10O6. The Hall–Kier alpha value is -4.21. The van der Waals surface area contributed by atoms with E-state index in [1.54, 1.807) is 0 Å². The van der Waals surface area contributed by atoms with Crippen LogP contribution in [0.2, 0.25) is 0 Å². The van der Waals surface area contributed by atoms with Crippen LogP contribution in [0.25, 0.3) is 0 Å². The maximum Gasteiger partial charge on any atom is 0.326 e. The third kappa shape index (κ3) is 13.2. The van der Waals surface area contributed by atoms with Crippen molar-refractivity contribution in [1.82, 2.24) is 25.9 Å². The Morgan fingerprint density at radius 2 is 1.56 bits per heavy atom. The first-order chi connectivity index (χ1) is 18.3. The van der Waals surface area contributed by atoms with Gasteiger partial charge in [-0.1, -0.05) is 13.8 Å². The van der Waals surface area contributed by atoms with Gasteiger partial charge in [0, 0.05) is 31.3 Å². The number of rotatable bonds is 18. The largest absolute Gasteiger partial charge is 0.480 e. The zero-order valence-electron chi connectivity index (χ0n) is 22.2. The fourth-order valence-corrected chi connectivity index (χ4v) is 3.58. The minimum absolute atomic E-state index is 0.102. The molecule has 13 N–H and O–H groups in total. The van der Waals surface area contributed by atoms with Crippen molar-refractivity contribution >= 4 is 35.6 Å². The van der Waals surface area contributed by atoms with Crippen LogP contribution in [-0.2, 0) is 30.4 Å². The lowest BCUT2D eigenvalue weighted by molar-refractivity contribution is -0.142. The van der Waals surface area contributed by atoms with Gasteiger partial charge in [0.05, 0.1) is 12.4 Å². The van der Waals surface area contributed by atoms with Gasteiger partial charge in [-0.3, -0.25) is 24.2 Å². The van der Waals surface area contributed by atoms with Crippen LogP contribution in [0.15, 0.2) is 17.5 Å². The van der Waals surface area contributed by atoms with Gasteiger partial charge >= 0.3 is 5.97 Å². The second-order valence-electron chi connectivity index (χ2n) is 9.49. The molecule has 16 heteroatoms. The monoisotopic (exact) mass is 552 g/mol. The summed E-state index contributed by atoms with van der Waals surface area (Å²) in [6.45, 7) is 3.97. The average molecular weight is 553 g/mol. The Balaban J connectivity index is 3.05. The highest BCUT2D eigenvalue weighted by Gasteiger charge is 2.30. The first-order valence-corrected chi connectivity index (χ1v) is 12.5. The number of hydrogen-bond acceptors (Lipinski definition) is 8. The first-order valence-electron chi connectivity index (χ1n) is 12.5. The Kier molecular flexibility index (Phi) is 14.0. The minimum atomic E-state index is -1.35. The van der Waals surface area contributed by atoms with Crippen molar-refractivity contribution < 1.29 is 29.1 Å². The number of amides is 4. The summed E-state index contributed by atoms with van der Waals surface area (Å²) in [6, 6.07) is -4.66. The third-order valence-electron chi connectivity index (χ3n) is 5.55. The lowest BCUT2D eigenvalue weighted by Gasteiger charge is -2.25. The number of aromatic nitrogens is 2. The van der Waals surface area contributed by atoms with Gasteiger partial charge in [-0.25, -0.2) is 9.78 Å². The summed E-state index contributed by atoms with van der Waals surface area (Å²) < 4.78 is 0. The molecule has 0 aliphatic rings. The maximum absolute atomic E-state index is 13.2. The first kappa shape index (κ1) is 32.8. The number of nitrogens with zero attached hydrogens (tertiary/aromatic N) is 2. The number of aliphatic imine (C=N–C) groups is 1. The summed E-state index contributed by atoms with van der Waals surface area (Å²) in [5.41, 5.74) is 22.3. The van der Waals surface area contributed by atoms with Gasteiger partial charge in [-0.15, -0.1) is 0 Å². The number of carbonyl (C=O) groups excluding carboxylic acids is 4. The van der Waals surface area contributed by atoms with Crippen LogP contribution in [0.1, 0.15) is 51.6 Å². The molecule has 4 unspecified atom stereocenters. The molecule has 0 bridgehead atoms. The Bertz CT molecular complexity index is 994.